The van der Waals surface area contributed by atoms with Crippen LogP contribution in [0.25, 0.3) is 11.1 Å². The molecule has 2 aliphatic heterocycles. The summed E-state index contributed by atoms with van der Waals surface area (Å²) in [6.45, 7) is 0.261. The highest BCUT2D eigenvalue weighted by atomic mass is 32.2. The standard InChI is InChI=1S/C20H17N3O2S/c21-11-16-3-1-2-4-17(16)15-7-5-14(6-8-15)12-23-18(24)20(22-19(23)25)9-10-26-13-20/h1-8H,9-10,12-13H2,(H,22,25). The molecule has 6 heteroatoms. The molecule has 2 fully saturated rings. The van der Waals surface area contributed by atoms with E-state index in [0.717, 1.165) is 22.4 Å². The number of nitriles is 1. The van der Waals surface area contributed by atoms with Crippen molar-refractivity contribution in [3.05, 3.63) is 59.7 Å². The summed E-state index contributed by atoms with van der Waals surface area (Å²) < 4.78 is 0. The van der Waals surface area contributed by atoms with Crippen LogP contribution in [0.3, 0.4) is 0 Å². The minimum absolute atomic E-state index is 0.119. The van der Waals surface area contributed by atoms with Crippen LogP contribution in [0, 0.1) is 11.3 Å². The zero-order valence-corrected chi connectivity index (χ0v) is 14.9. The summed E-state index contributed by atoms with van der Waals surface area (Å²) in [7, 11) is 0. The molecule has 130 valence electrons. The Bertz CT molecular complexity index is 911. The number of amides is 3. The highest BCUT2D eigenvalue weighted by Crippen LogP contribution is 2.34. The molecular formula is C20H17N3O2S. The Balaban J connectivity index is 1.54. The molecule has 0 saturated carbocycles. The molecule has 0 aromatic heterocycles. The van der Waals surface area contributed by atoms with Gasteiger partial charge in [0.05, 0.1) is 18.2 Å². The van der Waals surface area contributed by atoms with Crippen molar-refractivity contribution < 1.29 is 9.59 Å². The molecule has 0 bridgehead atoms. The normalized spacial score (nSPS) is 21.9. The van der Waals surface area contributed by atoms with Crippen LogP contribution in [0.15, 0.2) is 48.5 Å². The van der Waals surface area contributed by atoms with Crippen molar-refractivity contribution >= 4 is 23.7 Å². The second kappa shape index (κ2) is 6.50. The molecular weight excluding hydrogens is 346 g/mol. The van der Waals surface area contributed by atoms with Gasteiger partial charge in [0.2, 0.25) is 0 Å². The lowest BCUT2D eigenvalue weighted by Crippen LogP contribution is -2.46. The first kappa shape index (κ1) is 16.7. The van der Waals surface area contributed by atoms with Crippen LogP contribution in [0.1, 0.15) is 17.5 Å². The van der Waals surface area contributed by atoms with E-state index in [1.54, 1.807) is 17.8 Å². The second-order valence-corrected chi connectivity index (χ2v) is 7.67. The minimum atomic E-state index is -0.701. The summed E-state index contributed by atoms with van der Waals surface area (Å²) in [5.41, 5.74) is 2.61. The molecule has 2 aromatic rings. The largest absolute Gasteiger partial charge is 0.325 e. The maximum Gasteiger partial charge on any atom is 0.325 e. The van der Waals surface area contributed by atoms with E-state index in [2.05, 4.69) is 11.4 Å². The fourth-order valence-corrected chi connectivity index (χ4v) is 4.78. The Morgan fingerprint density at radius 1 is 1.15 bits per heavy atom. The number of hydrogen-bond donors (Lipinski definition) is 1. The monoisotopic (exact) mass is 363 g/mol. The quantitative estimate of drug-likeness (QED) is 0.850. The molecule has 4 rings (SSSR count). The first-order valence-electron chi connectivity index (χ1n) is 8.43. The van der Waals surface area contributed by atoms with E-state index >= 15 is 0 Å². The van der Waals surface area contributed by atoms with Crippen molar-refractivity contribution in [2.45, 2.75) is 18.5 Å². The number of thioether (sulfide) groups is 1. The predicted octanol–water partition coefficient (Wildman–Crippen LogP) is 3.15. The van der Waals surface area contributed by atoms with E-state index in [-0.39, 0.29) is 18.5 Å². The fourth-order valence-electron chi connectivity index (χ4n) is 3.46. The van der Waals surface area contributed by atoms with Crippen molar-refractivity contribution in [1.29, 1.82) is 5.26 Å². The molecule has 1 N–H and O–H groups in total. The molecule has 3 amide bonds. The molecule has 2 aromatic carbocycles. The zero-order chi connectivity index (χ0) is 18.1. The van der Waals surface area contributed by atoms with Crippen LogP contribution in [0.4, 0.5) is 4.79 Å². The number of benzene rings is 2. The summed E-state index contributed by atoms with van der Waals surface area (Å²) >= 11 is 1.70. The van der Waals surface area contributed by atoms with E-state index < -0.39 is 5.54 Å². The number of hydrogen-bond acceptors (Lipinski definition) is 4. The molecule has 26 heavy (non-hydrogen) atoms. The van der Waals surface area contributed by atoms with Crippen molar-refractivity contribution in [1.82, 2.24) is 10.2 Å². The smallest absolute Gasteiger partial charge is 0.322 e. The fraction of sp³-hybridized carbons (Fsp3) is 0.250. The van der Waals surface area contributed by atoms with Gasteiger partial charge in [-0.15, -0.1) is 0 Å². The first-order chi connectivity index (χ1) is 12.6. The Kier molecular flexibility index (Phi) is 4.17. The lowest BCUT2D eigenvalue weighted by Gasteiger charge is -2.19. The number of carbonyl (C=O) groups excluding carboxylic acids is 2. The van der Waals surface area contributed by atoms with Crippen molar-refractivity contribution in [2.24, 2.45) is 0 Å². The van der Waals surface area contributed by atoms with Gasteiger partial charge in [0.1, 0.15) is 5.54 Å². The number of imide groups is 1. The summed E-state index contributed by atoms with van der Waals surface area (Å²) in [6.07, 6.45) is 0.697. The molecule has 2 aliphatic rings. The maximum atomic E-state index is 12.7. The van der Waals surface area contributed by atoms with Gasteiger partial charge in [0.15, 0.2) is 0 Å². The van der Waals surface area contributed by atoms with Gasteiger partial charge in [-0.25, -0.2) is 4.79 Å². The molecule has 2 heterocycles. The third kappa shape index (κ3) is 2.74. The van der Waals surface area contributed by atoms with Crippen molar-refractivity contribution in [3.63, 3.8) is 0 Å². The average Bonchev–Trinajstić information content (AvgIpc) is 3.23. The maximum absolute atomic E-state index is 12.7. The van der Waals surface area contributed by atoms with Crippen LogP contribution in [-0.2, 0) is 11.3 Å². The molecule has 5 nitrogen and oxygen atoms in total. The zero-order valence-electron chi connectivity index (χ0n) is 14.1. The third-order valence-corrected chi connectivity index (χ3v) is 6.11. The second-order valence-electron chi connectivity index (χ2n) is 6.56. The van der Waals surface area contributed by atoms with Gasteiger partial charge in [-0.3, -0.25) is 9.69 Å². The summed E-state index contributed by atoms with van der Waals surface area (Å²) in [4.78, 5) is 26.3. The first-order valence-corrected chi connectivity index (χ1v) is 9.59. The van der Waals surface area contributed by atoms with Gasteiger partial charge < -0.3 is 5.32 Å². The molecule has 1 atom stereocenters. The Hall–Kier alpha value is -2.78. The van der Waals surface area contributed by atoms with Gasteiger partial charge in [0, 0.05) is 5.75 Å². The highest BCUT2D eigenvalue weighted by Gasteiger charge is 2.52. The van der Waals surface area contributed by atoms with Gasteiger partial charge in [-0.1, -0.05) is 42.5 Å². The van der Waals surface area contributed by atoms with Gasteiger partial charge >= 0.3 is 6.03 Å². The molecule has 0 radical (unpaired) electrons. The van der Waals surface area contributed by atoms with E-state index in [9.17, 15) is 14.9 Å². The van der Waals surface area contributed by atoms with Crippen LogP contribution in [0.2, 0.25) is 0 Å². The molecule has 1 spiro atoms. The van der Waals surface area contributed by atoms with Crippen LogP contribution in [-0.4, -0.2) is 33.9 Å². The van der Waals surface area contributed by atoms with Gasteiger partial charge in [0.25, 0.3) is 5.91 Å². The van der Waals surface area contributed by atoms with Crippen LogP contribution in [0.5, 0.6) is 0 Å². The number of urea groups is 1. The van der Waals surface area contributed by atoms with E-state index in [1.807, 2.05) is 42.5 Å². The summed E-state index contributed by atoms with van der Waals surface area (Å²) in [5.74, 6) is 1.43. The van der Waals surface area contributed by atoms with Gasteiger partial charge in [-0.2, -0.15) is 17.0 Å². The van der Waals surface area contributed by atoms with Crippen molar-refractivity contribution in [3.8, 4) is 17.2 Å². The molecule has 1 unspecified atom stereocenters. The Morgan fingerprint density at radius 2 is 1.92 bits per heavy atom. The molecule has 0 aliphatic carbocycles. The van der Waals surface area contributed by atoms with Crippen molar-refractivity contribution in [2.75, 3.05) is 11.5 Å². The minimum Gasteiger partial charge on any atom is -0.322 e. The number of rotatable bonds is 3. The Labute approximate surface area is 156 Å². The summed E-state index contributed by atoms with van der Waals surface area (Å²) in [6, 6.07) is 17.0. The third-order valence-electron chi connectivity index (χ3n) is 4.92. The number of nitrogens with one attached hydrogen (secondary N) is 1. The number of nitrogens with zero attached hydrogens (tertiary/aromatic N) is 2. The molecule has 2 saturated heterocycles. The Morgan fingerprint density at radius 3 is 2.62 bits per heavy atom. The number of carbonyl (C=O) groups is 2. The van der Waals surface area contributed by atoms with E-state index in [1.165, 1.54) is 4.90 Å². The lowest BCUT2D eigenvalue weighted by molar-refractivity contribution is -0.130. The predicted molar refractivity (Wildman–Crippen MR) is 100 cm³/mol. The average molecular weight is 363 g/mol. The SMILES string of the molecule is N#Cc1ccccc1-c1ccc(CN2C(=O)NC3(CCSC3)C2=O)cc1. The topological polar surface area (TPSA) is 73.2 Å². The lowest BCUT2D eigenvalue weighted by atomic mass is 9.98. The van der Waals surface area contributed by atoms with Gasteiger partial charge in [-0.05, 0) is 34.9 Å². The van der Waals surface area contributed by atoms with E-state index in [0.29, 0.717) is 17.7 Å². The summed E-state index contributed by atoms with van der Waals surface area (Å²) in [5, 5.41) is 12.1. The van der Waals surface area contributed by atoms with Crippen LogP contribution >= 0.6 is 11.8 Å². The van der Waals surface area contributed by atoms with Crippen LogP contribution < -0.4 is 5.32 Å². The van der Waals surface area contributed by atoms with E-state index in [4.69, 9.17) is 0 Å². The highest BCUT2D eigenvalue weighted by molar-refractivity contribution is 7.99.